The SMILES string of the molecule is Cc1ccccc1Sc1cc2c(cc1Br)C(=O)C(=O)N2. The zero-order valence-electron chi connectivity index (χ0n) is 10.6. The Bertz CT molecular complexity index is 743. The van der Waals surface area contributed by atoms with Crippen molar-refractivity contribution in [2.24, 2.45) is 0 Å². The van der Waals surface area contributed by atoms with Crippen molar-refractivity contribution in [3.05, 3.63) is 52.0 Å². The first-order valence-electron chi connectivity index (χ1n) is 5.99. The highest BCUT2D eigenvalue weighted by molar-refractivity contribution is 9.10. The Labute approximate surface area is 128 Å². The van der Waals surface area contributed by atoms with Crippen LogP contribution in [0.15, 0.2) is 50.7 Å². The molecule has 2 aromatic carbocycles. The molecule has 20 heavy (non-hydrogen) atoms. The second kappa shape index (κ2) is 5.07. The zero-order valence-corrected chi connectivity index (χ0v) is 13.0. The van der Waals surface area contributed by atoms with Crippen LogP contribution in [0.2, 0.25) is 0 Å². The first-order chi connectivity index (χ1) is 9.56. The summed E-state index contributed by atoms with van der Waals surface area (Å²) in [5, 5.41) is 2.59. The van der Waals surface area contributed by atoms with Gasteiger partial charge in [-0.25, -0.2) is 0 Å². The molecule has 3 nitrogen and oxygen atoms in total. The summed E-state index contributed by atoms with van der Waals surface area (Å²) in [5.41, 5.74) is 2.19. The number of rotatable bonds is 2. The van der Waals surface area contributed by atoms with Crippen molar-refractivity contribution in [2.75, 3.05) is 5.32 Å². The Morgan fingerprint density at radius 3 is 2.60 bits per heavy atom. The Morgan fingerprint density at radius 1 is 1.10 bits per heavy atom. The highest BCUT2D eigenvalue weighted by Gasteiger charge is 2.29. The van der Waals surface area contributed by atoms with Gasteiger partial charge in [0.05, 0.1) is 11.3 Å². The third kappa shape index (κ3) is 2.27. The van der Waals surface area contributed by atoms with Crippen molar-refractivity contribution in [3.63, 3.8) is 0 Å². The van der Waals surface area contributed by atoms with Gasteiger partial charge in [0.2, 0.25) is 0 Å². The molecule has 0 unspecified atom stereocenters. The van der Waals surface area contributed by atoms with E-state index in [-0.39, 0.29) is 0 Å². The fourth-order valence-corrected chi connectivity index (χ4v) is 3.55. The number of hydrogen-bond acceptors (Lipinski definition) is 3. The number of benzene rings is 2. The maximum Gasteiger partial charge on any atom is 0.296 e. The van der Waals surface area contributed by atoms with E-state index in [0.717, 1.165) is 14.3 Å². The second-order valence-corrected chi connectivity index (χ2v) is 6.42. The summed E-state index contributed by atoms with van der Waals surface area (Å²) in [7, 11) is 0. The molecule has 0 saturated carbocycles. The van der Waals surface area contributed by atoms with Gasteiger partial charge in [0.15, 0.2) is 0 Å². The number of halogens is 1. The molecule has 1 N–H and O–H groups in total. The molecule has 0 radical (unpaired) electrons. The molecule has 1 aliphatic rings. The van der Waals surface area contributed by atoms with Crippen LogP contribution in [0.1, 0.15) is 15.9 Å². The van der Waals surface area contributed by atoms with Crippen molar-refractivity contribution < 1.29 is 9.59 Å². The van der Waals surface area contributed by atoms with E-state index in [1.54, 1.807) is 17.8 Å². The molecular formula is C15H10BrNO2S. The molecule has 0 spiro atoms. The first kappa shape index (κ1) is 13.4. The minimum atomic E-state index is -0.565. The van der Waals surface area contributed by atoms with Crippen molar-refractivity contribution in [1.82, 2.24) is 0 Å². The molecule has 0 atom stereocenters. The summed E-state index contributed by atoms with van der Waals surface area (Å²) in [6.45, 7) is 2.05. The monoisotopic (exact) mass is 347 g/mol. The lowest BCUT2D eigenvalue weighted by Gasteiger charge is -2.09. The lowest BCUT2D eigenvalue weighted by Crippen LogP contribution is -2.12. The van der Waals surface area contributed by atoms with Crippen LogP contribution < -0.4 is 5.32 Å². The molecule has 100 valence electrons. The number of carbonyl (C=O) groups is 2. The molecule has 2 aromatic rings. The fourth-order valence-electron chi connectivity index (χ4n) is 2.01. The van der Waals surface area contributed by atoms with Crippen molar-refractivity contribution >= 4 is 45.1 Å². The summed E-state index contributed by atoms with van der Waals surface area (Å²) < 4.78 is 0.814. The van der Waals surface area contributed by atoms with Gasteiger partial charge < -0.3 is 5.32 Å². The molecule has 1 heterocycles. The minimum absolute atomic E-state index is 0.427. The number of fused-ring (bicyclic) bond motifs is 1. The third-order valence-corrected chi connectivity index (χ3v) is 5.24. The Balaban J connectivity index is 2.01. The summed E-state index contributed by atoms with van der Waals surface area (Å²) in [5.74, 6) is -1.04. The summed E-state index contributed by atoms with van der Waals surface area (Å²) >= 11 is 5.07. The molecule has 0 bridgehead atoms. The predicted molar refractivity (Wildman–Crippen MR) is 82.4 cm³/mol. The number of ketones is 1. The topological polar surface area (TPSA) is 46.2 Å². The highest BCUT2D eigenvalue weighted by atomic mass is 79.9. The van der Waals surface area contributed by atoms with E-state index in [0.29, 0.717) is 11.3 Å². The normalized spacial score (nSPS) is 13.3. The van der Waals surface area contributed by atoms with E-state index in [1.165, 1.54) is 5.56 Å². The number of amides is 1. The van der Waals surface area contributed by atoms with E-state index in [2.05, 4.69) is 34.2 Å². The van der Waals surface area contributed by atoms with Gasteiger partial charge in [-0.1, -0.05) is 30.0 Å². The summed E-state index contributed by atoms with van der Waals surface area (Å²) in [4.78, 5) is 25.1. The molecule has 0 saturated heterocycles. The zero-order chi connectivity index (χ0) is 14.3. The average molecular weight is 348 g/mol. The smallest absolute Gasteiger partial charge is 0.296 e. The Kier molecular flexibility index (Phi) is 3.40. The van der Waals surface area contributed by atoms with E-state index < -0.39 is 11.7 Å². The van der Waals surface area contributed by atoms with Crippen LogP contribution in [0.3, 0.4) is 0 Å². The van der Waals surface area contributed by atoms with Crippen LogP contribution in [0.4, 0.5) is 5.69 Å². The van der Waals surface area contributed by atoms with Crippen LogP contribution in [0, 0.1) is 6.92 Å². The summed E-state index contributed by atoms with van der Waals surface area (Å²) in [6, 6.07) is 11.6. The molecule has 3 rings (SSSR count). The standard InChI is InChI=1S/C15H10BrNO2S/c1-8-4-2-3-5-12(8)20-13-7-11-9(6-10(13)16)14(18)15(19)17-11/h2-7H,1H3,(H,17,18,19). The van der Waals surface area contributed by atoms with Crippen molar-refractivity contribution in [1.29, 1.82) is 0 Å². The second-order valence-electron chi connectivity index (χ2n) is 4.48. The van der Waals surface area contributed by atoms with Gasteiger partial charge in [0, 0.05) is 14.3 Å². The Hall–Kier alpha value is -1.59. The average Bonchev–Trinajstić information content (AvgIpc) is 2.69. The lowest BCUT2D eigenvalue weighted by atomic mass is 10.1. The number of nitrogens with one attached hydrogen (secondary N) is 1. The molecule has 0 fully saturated rings. The molecule has 0 aromatic heterocycles. The van der Waals surface area contributed by atoms with Crippen LogP contribution in [0.5, 0.6) is 0 Å². The van der Waals surface area contributed by atoms with Crippen LogP contribution in [-0.4, -0.2) is 11.7 Å². The molecule has 5 heteroatoms. The highest BCUT2D eigenvalue weighted by Crippen LogP contribution is 2.39. The van der Waals surface area contributed by atoms with Crippen LogP contribution in [0.25, 0.3) is 0 Å². The van der Waals surface area contributed by atoms with Gasteiger partial charge in [-0.3, -0.25) is 9.59 Å². The van der Waals surface area contributed by atoms with Crippen molar-refractivity contribution in [2.45, 2.75) is 16.7 Å². The van der Waals surface area contributed by atoms with Gasteiger partial charge in [0.1, 0.15) is 0 Å². The van der Waals surface area contributed by atoms with E-state index in [1.807, 2.05) is 24.3 Å². The van der Waals surface area contributed by atoms with Gasteiger partial charge in [-0.15, -0.1) is 0 Å². The van der Waals surface area contributed by atoms with Gasteiger partial charge >= 0.3 is 0 Å². The molecule has 1 amide bonds. The fraction of sp³-hybridized carbons (Fsp3) is 0.0667. The quantitative estimate of drug-likeness (QED) is 0.833. The van der Waals surface area contributed by atoms with E-state index >= 15 is 0 Å². The largest absolute Gasteiger partial charge is 0.318 e. The lowest BCUT2D eigenvalue weighted by molar-refractivity contribution is -0.112. The van der Waals surface area contributed by atoms with Gasteiger partial charge in [-0.05, 0) is 46.6 Å². The number of anilines is 1. The number of aryl methyl sites for hydroxylation is 1. The van der Waals surface area contributed by atoms with E-state index in [9.17, 15) is 9.59 Å². The first-order valence-corrected chi connectivity index (χ1v) is 7.60. The van der Waals surface area contributed by atoms with Crippen LogP contribution in [-0.2, 0) is 4.79 Å². The number of carbonyl (C=O) groups excluding carboxylic acids is 2. The molecular weight excluding hydrogens is 338 g/mol. The summed E-state index contributed by atoms with van der Waals surface area (Å²) in [6.07, 6.45) is 0. The Morgan fingerprint density at radius 2 is 1.85 bits per heavy atom. The number of hydrogen-bond donors (Lipinski definition) is 1. The van der Waals surface area contributed by atoms with Crippen LogP contribution >= 0.6 is 27.7 Å². The van der Waals surface area contributed by atoms with E-state index in [4.69, 9.17) is 0 Å². The molecule has 0 aliphatic carbocycles. The maximum absolute atomic E-state index is 11.6. The minimum Gasteiger partial charge on any atom is -0.318 e. The number of Topliss-reactive ketones (excluding diaryl/α,β-unsaturated/α-hetero) is 1. The molecule has 1 aliphatic heterocycles. The third-order valence-electron chi connectivity index (χ3n) is 3.08. The van der Waals surface area contributed by atoms with Gasteiger partial charge in [0.25, 0.3) is 11.7 Å². The predicted octanol–water partition coefficient (Wildman–Crippen LogP) is 4.04. The van der Waals surface area contributed by atoms with Gasteiger partial charge in [-0.2, -0.15) is 0 Å². The van der Waals surface area contributed by atoms with Crippen molar-refractivity contribution in [3.8, 4) is 0 Å². The maximum atomic E-state index is 11.6.